The van der Waals surface area contributed by atoms with Gasteiger partial charge >= 0.3 is 18.1 Å². The smallest absolute Gasteiger partial charge is 0.407 e. The average molecular weight is 411 g/mol. The van der Waals surface area contributed by atoms with Crippen molar-refractivity contribution in [3.05, 3.63) is 59.7 Å². The van der Waals surface area contributed by atoms with Crippen LogP contribution in [0.2, 0.25) is 0 Å². The number of nitrogens with two attached hydrogens (primary N) is 1. The number of hydrogen-bond donors (Lipinski definition) is 4. The predicted octanol–water partition coefficient (Wildman–Crippen LogP) is 2.82. The molecule has 0 saturated heterocycles. The number of hydrogen-bond acceptors (Lipinski definition) is 4. The number of carboxylic acid groups (broad SMARTS) is 1. The highest BCUT2D eigenvalue weighted by molar-refractivity contribution is 5.81. The molecule has 2 aromatic rings. The molecule has 0 aliphatic heterocycles. The number of nitrogens with one attached hydrogen (secondary N) is 2. The maximum absolute atomic E-state index is 12.2. The third-order valence-electron chi connectivity index (χ3n) is 5.15. The molecule has 8 nitrogen and oxygen atoms in total. The van der Waals surface area contributed by atoms with Gasteiger partial charge in [-0.3, -0.25) is 0 Å². The Hall–Kier alpha value is -3.55. The number of aliphatic carboxylic acids is 1. The fourth-order valence-corrected chi connectivity index (χ4v) is 3.72. The number of unbranched alkanes of at least 4 members (excludes halogenated alkanes) is 1. The molecular formula is C22H25N3O5. The van der Waals surface area contributed by atoms with Gasteiger partial charge in [0.2, 0.25) is 0 Å². The van der Waals surface area contributed by atoms with Crippen LogP contribution in [-0.2, 0) is 9.53 Å². The summed E-state index contributed by atoms with van der Waals surface area (Å²) >= 11 is 0. The lowest BCUT2D eigenvalue weighted by molar-refractivity contribution is -0.139. The predicted molar refractivity (Wildman–Crippen MR) is 111 cm³/mol. The molecule has 1 aliphatic carbocycles. The first-order chi connectivity index (χ1) is 14.5. The van der Waals surface area contributed by atoms with Crippen molar-refractivity contribution < 1.29 is 24.2 Å². The summed E-state index contributed by atoms with van der Waals surface area (Å²) in [5.74, 6) is -1.22. The summed E-state index contributed by atoms with van der Waals surface area (Å²) < 4.78 is 5.39. The van der Waals surface area contributed by atoms with E-state index in [4.69, 9.17) is 10.5 Å². The van der Waals surface area contributed by atoms with E-state index in [-0.39, 0.29) is 18.9 Å². The second-order valence-electron chi connectivity index (χ2n) is 7.15. The minimum Gasteiger partial charge on any atom is -0.480 e. The molecule has 3 rings (SSSR count). The molecule has 30 heavy (non-hydrogen) atoms. The molecular weight excluding hydrogens is 386 g/mol. The highest BCUT2D eigenvalue weighted by Crippen LogP contribution is 2.44. The molecule has 0 heterocycles. The van der Waals surface area contributed by atoms with Crippen LogP contribution in [-0.4, -0.2) is 42.4 Å². The van der Waals surface area contributed by atoms with Crippen molar-refractivity contribution in [2.45, 2.75) is 31.2 Å². The van der Waals surface area contributed by atoms with Crippen LogP contribution in [0.5, 0.6) is 0 Å². The molecule has 0 bridgehead atoms. The van der Waals surface area contributed by atoms with Crippen molar-refractivity contribution in [3.63, 3.8) is 0 Å². The SMILES string of the molecule is NC(=O)NCCCC[C@@H](NC(=O)OCC1c2ccccc2-c2ccccc21)C(=O)O. The molecule has 0 saturated carbocycles. The minimum absolute atomic E-state index is 0.0914. The lowest BCUT2D eigenvalue weighted by Gasteiger charge is -2.17. The van der Waals surface area contributed by atoms with E-state index >= 15 is 0 Å². The largest absolute Gasteiger partial charge is 0.480 e. The van der Waals surface area contributed by atoms with Gasteiger partial charge in [-0.05, 0) is 41.5 Å². The van der Waals surface area contributed by atoms with Crippen molar-refractivity contribution in [2.75, 3.05) is 13.2 Å². The molecule has 0 fully saturated rings. The summed E-state index contributed by atoms with van der Waals surface area (Å²) in [6, 6.07) is 14.3. The summed E-state index contributed by atoms with van der Waals surface area (Å²) in [7, 11) is 0. The Balaban J connectivity index is 1.54. The van der Waals surface area contributed by atoms with E-state index in [1.807, 2.05) is 48.5 Å². The van der Waals surface area contributed by atoms with Gasteiger partial charge in [-0.2, -0.15) is 0 Å². The number of fused-ring (bicyclic) bond motifs is 3. The summed E-state index contributed by atoms with van der Waals surface area (Å²) in [5.41, 5.74) is 9.39. The number of ether oxygens (including phenoxy) is 1. The van der Waals surface area contributed by atoms with E-state index in [0.717, 1.165) is 22.3 Å². The molecule has 0 spiro atoms. The Labute approximate surface area is 174 Å². The van der Waals surface area contributed by atoms with Crippen LogP contribution < -0.4 is 16.4 Å². The van der Waals surface area contributed by atoms with Gasteiger partial charge in [0.05, 0.1) is 0 Å². The van der Waals surface area contributed by atoms with Gasteiger partial charge in [0, 0.05) is 12.5 Å². The van der Waals surface area contributed by atoms with Gasteiger partial charge in [0.1, 0.15) is 12.6 Å². The summed E-state index contributed by atoms with van der Waals surface area (Å²) in [4.78, 5) is 34.3. The maximum atomic E-state index is 12.2. The second-order valence-corrected chi connectivity index (χ2v) is 7.15. The topological polar surface area (TPSA) is 131 Å². The van der Waals surface area contributed by atoms with Crippen molar-refractivity contribution >= 4 is 18.1 Å². The number of carbonyl (C=O) groups is 3. The molecule has 1 atom stereocenters. The molecule has 0 radical (unpaired) electrons. The molecule has 5 N–H and O–H groups in total. The number of benzene rings is 2. The highest BCUT2D eigenvalue weighted by Gasteiger charge is 2.29. The Morgan fingerprint density at radius 3 is 2.17 bits per heavy atom. The number of carbonyl (C=O) groups excluding carboxylic acids is 2. The molecule has 158 valence electrons. The van der Waals surface area contributed by atoms with Crippen LogP contribution in [0.25, 0.3) is 11.1 Å². The number of primary amides is 1. The number of carboxylic acids is 1. The van der Waals surface area contributed by atoms with E-state index in [1.54, 1.807) is 0 Å². The van der Waals surface area contributed by atoms with E-state index in [2.05, 4.69) is 10.6 Å². The van der Waals surface area contributed by atoms with Crippen molar-refractivity contribution in [1.29, 1.82) is 0 Å². The van der Waals surface area contributed by atoms with Crippen molar-refractivity contribution in [1.82, 2.24) is 10.6 Å². The van der Waals surface area contributed by atoms with Gasteiger partial charge in [0.25, 0.3) is 0 Å². The average Bonchev–Trinajstić information content (AvgIpc) is 3.04. The third kappa shape index (κ3) is 5.08. The maximum Gasteiger partial charge on any atom is 0.407 e. The summed E-state index contributed by atoms with van der Waals surface area (Å²) in [6.45, 7) is 0.474. The normalized spacial score (nSPS) is 13.1. The Morgan fingerprint density at radius 1 is 1.00 bits per heavy atom. The van der Waals surface area contributed by atoms with Crippen LogP contribution in [0, 0.1) is 0 Å². The Bertz CT molecular complexity index is 885. The van der Waals surface area contributed by atoms with Crippen molar-refractivity contribution in [2.24, 2.45) is 5.73 Å². The zero-order chi connectivity index (χ0) is 21.5. The third-order valence-corrected chi connectivity index (χ3v) is 5.15. The monoisotopic (exact) mass is 411 g/mol. The molecule has 3 amide bonds. The summed E-state index contributed by atoms with van der Waals surface area (Å²) in [6.07, 6.45) is 0.513. The van der Waals surface area contributed by atoms with Crippen LogP contribution >= 0.6 is 0 Å². The van der Waals surface area contributed by atoms with E-state index in [9.17, 15) is 19.5 Å². The fraction of sp³-hybridized carbons (Fsp3) is 0.318. The lowest BCUT2D eigenvalue weighted by Crippen LogP contribution is -2.41. The Morgan fingerprint density at radius 2 is 1.60 bits per heavy atom. The first-order valence-corrected chi connectivity index (χ1v) is 9.85. The van der Waals surface area contributed by atoms with Gasteiger partial charge in [0.15, 0.2) is 0 Å². The minimum atomic E-state index is -1.13. The first kappa shape index (κ1) is 21.2. The fourth-order valence-electron chi connectivity index (χ4n) is 3.72. The first-order valence-electron chi connectivity index (χ1n) is 9.85. The van der Waals surface area contributed by atoms with E-state index in [1.165, 1.54) is 0 Å². The van der Waals surface area contributed by atoms with Crippen LogP contribution in [0.4, 0.5) is 9.59 Å². The number of amides is 3. The summed E-state index contributed by atoms with van der Waals surface area (Å²) in [5, 5.41) is 14.2. The number of alkyl carbamates (subject to hydrolysis) is 1. The van der Waals surface area contributed by atoms with Gasteiger partial charge in [-0.1, -0.05) is 48.5 Å². The highest BCUT2D eigenvalue weighted by atomic mass is 16.5. The number of rotatable bonds is 9. The zero-order valence-corrected chi connectivity index (χ0v) is 16.5. The molecule has 0 unspecified atom stereocenters. The van der Waals surface area contributed by atoms with Crippen LogP contribution in [0.3, 0.4) is 0 Å². The molecule has 8 heteroatoms. The van der Waals surface area contributed by atoms with E-state index in [0.29, 0.717) is 19.4 Å². The standard InChI is InChI=1S/C22H25N3O5/c23-21(28)24-12-6-5-11-19(20(26)27)25-22(29)30-13-18-16-9-3-1-7-14(16)15-8-2-4-10-17(15)18/h1-4,7-10,18-19H,5-6,11-13H2,(H,25,29)(H,26,27)(H3,23,24,28)/t19-/m1/s1. The number of urea groups is 1. The Kier molecular flexibility index (Phi) is 6.90. The van der Waals surface area contributed by atoms with Gasteiger partial charge < -0.3 is 26.2 Å². The molecule has 0 aromatic heterocycles. The molecule has 1 aliphatic rings. The van der Waals surface area contributed by atoms with Crippen LogP contribution in [0.1, 0.15) is 36.3 Å². The molecule has 2 aromatic carbocycles. The van der Waals surface area contributed by atoms with E-state index < -0.39 is 24.1 Å². The van der Waals surface area contributed by atoms with Gasteiger partial charge in [-0.15, -0.1) is 0 Å². The van der Waals surface area contributed by atoms with Crippen molar-refractivity contribution in [3.8, 4) is 11.1 Å². The zero-order valence-electron chi connectivity index (χ0n) is 16.5. The second kappa shape index (κ2) is 9.78. The van der Waals surface area contributed by atoms with Crippen LogP contribution in [0.15, 0.2) is 48.5 Å². The lowest BCUT2D eigenvalue weighted by atomic mass is 9.98. The quantitative estimate of drug-likeness (QED) is 0.471. The van der Waals surface area contributed by atoms with Gasteiger partial charge in [-0.25, -0.2) is 14.4 Å².